The van der Waals surface area contributed by atoms with Gasteiger partial charge in [-0.15, -0.1) is 46.7 Å². The third-order valence-corrected chi connectivity index (χ3v) is 12.1. The molecule has 0 aliphatic carbocycles. The van der Waals surface area contributed by atoms with E-state index < -0.39 is 7.14 Å². The zero-order valence-electron chi connectivity index (χ0n) is 28.4. The van der Waals surface area contributed by atoms with E-state index in [2.05, 4.69) is 94.9 Å². The minimum Gasteiger partial charge on any atom is -0.311 e. The molecular formula is C47H33IrN2OP-2. The van der Waals surface area contributed by atoms with E-state index in [0.717, 1.165) is 76.3 Å². The van der Waals surface area contributed by atoms with Gasteiger partial charge in [-0.25, -0.2) is 0 Å². The van der Waals surface area contributed by atoms with Crippen LogP contribution in [0.2, 0.25) is 0 Å². The summed E-state index contributed by atoms with van der Waals surface area (Å²) in [7, 11) is -3.15. The van der Waals surface area contributed by atoms with Gasteiger partial charge in [-0.05, 0) is 64.0 Å². The molecule has 0 spiro atoms. The van der Waals surface area contributed by atoms with Crippen LogP contribution >= 0.6 is 7.14 Å². The maximum absolute atomic E-state index is 15.1. The van der Waals surface area contributed by atoms with Gasteiger partial charge in [0.2, 0.25) is 0 Å². The van der Waals surface area contributed by atoms with Crippen molar-refractivity contribution in [3.05, 3.63) is 200 Å². The molecule has 0 saturated carbocycles. The first-order valence-electron chi connectivity index (χ1n) is 16.9. The Morgan fingerprint density at radius 2 is 1.12 bits per heavy atom. The van der Waals surface area contributed by atoms with E-state index in [0.29, 0.717) is 0 Å². The second-order valence-corrected chi connectivity index (χ2v) is 15.2. The third kappa shape index (κ3) is 7.02. The minimum absolute atomic E-state index is 0. The number of nitrogens with zero attached hydrogens (tertiary/aromatic N) is 2. The van der Waals surface area contributed by atoms with Crippen LogP contribution in [0.3, 0.4) is 0 Å². The molecule has 0 bridgehead atoms. The smallest absolute Gasteiger partial charge is 0.147 e. The van der Waals surface area contributed by atoms with Crippen LogP contribution in [0.4, 0.5) is 0 Å². The number of benzene rings is 7. The molecule has 0 N–H and O–H groups in total. The normalized spacial score (nSPS) is 11.1. The Bertz CT molecular complexity index is 2500. The van der Waals surface area contributed by atoms with Gasteiger partial charge in [0.1, 0.15) is 7.14 Å². The topological polar surface area (TPSA) is 42.9 Å². The number of pyridine rings is 2. The summed E-state index contributed by atoms with van der Waals surface area (Å²) in [6.45, 7) is 2.04. The molecule has 9 aromatic rings. The van der Waals surface area contributed by atoms with Crippen molar-refractivity contribution < 1.29 is 24.7 Å². The molecule has 3 nitrogen and oxygen atoms in total. The summed E-state index contributed by atoms with van der Waals surface area (Å²) in [5.74, 6) is 0. The summed E-state index contributed by atoms with van der Waals surface area (Å²) in [5.41, 5.74) is 5.06. The van der Waals surface area contributed by atoms with Crippen LogP contribution < -0.4 is 15.9 Å². The van der Waals surface area contributed by atoms with Crippen molar-refractivity contribution in [3.63, 3.8) is 0 Å². The van der Waals surface area contributed by atoms with Crippen molar-refractivity contribution in [2.45, 2.75) is 6.92 Å². The van der Waals surface area contributed by atoms with Crippen molar-refractivity contribution in [2.75, 3.05) is 0 Å². The van der Waals surface area contributed by atoms with Crippen LogP contribution in [0.1, 0.15) is 5.56 Å². The van der Waals surface area contributed by atoms with E-state index in [1.54, 1.807) is 6.20 Å². The quantitative estimate of drug-likeness (QED) is 0.128. The molecule has 1 radical (unpaired) electrons. The SMILES string of the molecule is Cc1ccc(-c2ccc[c-]c2-c2ccccn2)nc1.O=P(c1[c-]cc2ccccc2c1)(c1ccc2ccccc2c1)c1ccc2ccccc2c1.[Ir]. The number of rotatable bonds is 5. The molecule has 0 saturated heterocycles. The number of hydrogen-bond acceptors (Lipinski definition) is 3. The van der Waals surface area contributed by atoms with Gasteiger partial charge < -0.3 is 9.55 Å². The van der Waals surface area contributed by atoms with Gasteiger partial charge in [-0.2, -0.15) is 18.2 Å². The van der Waals surface area contributed by atoms with Crippen molar-refractivity contribution in [1.82, 2.24) is 9.97 Å². The predicted molar refractivity (Wildman–Crippen MR) is 214 cm³/mol. The zero-order chi connectivity index (χ0) is 34.6. The summed E-state index contributed by atoms with van der Waals surface area (Å²) >= 11 is 0. The van der Waals surface area contributed by atoms with Gasteiger partial charge in [-0.3, -0.25) is 4.98 Å². The fraction of sp³-hybridized carbons (Fsp3) is 0.0213. The standard InChI is InChI=1S/C30H20OP.C17H13N2.Ir/c31-32(28-16-13-22-7-1-4-10-25(22)19-28,29-17-14-23-8-2-5-11-26(23)20-29)30-18-15-24-9-3-6-12-27(24)21-30;1-13-9-10-17(19-12-13)15-7-3-2-6-14(15)16-8-4-5-11-18-16;/h1-17,19-21H;2-5,7-12H,1H3;/q2*-1;. The van der Waals surface area contributed by atoms with Gasteiger partial charge in [0.05, 0.1) is 0 Å². The second kappa shape index (κ2) is 15.4. The molecule has 0 atom stereocenters. The maximum Gasteiger partial charge on any atom is 0.147 e. The molecular weight excluding hydrogens is 832 g/mol. The van der Waals surface area contributed by atoms with Crippen molar-refractivity contribution in [3.8, 4) is 22.5 Å². The Morgan fingerprint density at radius 1 is 0.519 bits per heavy atom. The molecule has 2 heterocycles. The average molecular weight is 865 g/mol. The monoisotopic (exact) mass is 865 g/mol. The van der Waals surface area contributed by atoms with Crippen molar-refractivity contribution in [1.29, 1.82) is 0 Å². The fourth-order valence-electron chi connectivity index (χ4n) is 6.47. The van der Waals surface area contributed by atoms with Crippen molar-refractivity contribution in [2.24, 2.45) is 0 Å². The molecule has 52 heavy (non-hydrogen) atoms. The molecule has 0 fully saturated rings. The van der Waals surface area contributed by atoms with Crippen LogP contribution in [0.25, 0.3) is 54.8 Å². The molecule has 9 rings (SSSR count). The molecule has 253 valence electrons. The summed E-state index contributed by atoms with van der Waals surface area (Å²) < 4.78 is 15.1. The van der Waals surface area contributed by atoms with Crippen LogP contribution in [0.5, 0.6) is 0 Å². The Kier molecular flexibility index (Phi) is 10.3. The third-order valence-electron chi connectivity index (χ3n) is 9.16. The maximum atomic E-state index is 15.1. The number of fused-ring (bicyclic) bond motifs is 3. The van der Waals surface area contributed by atoms with E-state index in [9.17, 15) is 0 Å². The number of hydrogen-bond donors (Lipinski definition) is 0. The largest absolute Gasteiger partial charge is 0.311 e. The van der Waals surface area contributed by atoms with Crippen LogP contribution in [-0.4, -0.2) is 9.97 Å². The first-order chi connectivity index (χ1) is 25.1. The summed E-state index contributed by atoms with van der Waals surface area (Å²) in [6.07, 6.45) is 3.67. The molecule has 5 heteroatoms. The van der Waals surface area contributed by atoms with Gasteiger partial charge in [0.15, 0.2) is 0 Å². The number of aromatic nitrogens is 2. The predicted octanol–water partition coefficient (Wildman–Crippen LogP) is 10.5. The molecule has 2 aromatic heterocycles. The molecule has 0 aliphatic heterocycles. The Labute approximate surface area is 317 Å². The van der Waals surface area contributed by atoms with E-state index in [1.807, 2.05) is 110 Å². The Balaban J connectivity index is 0.000000180. The Hall–Kier alpha value is -5.50. The van der Waals surface area contributed by atoms with Gasteiger partial charge >= 0.3 is 0 Å². The second-order valence-electron chi connectivity index (χ2n) is 12.5. The molecule has 0 amide bonds. The summed E-state index contributed by atoms with van der Waals surface area (Å²) in [5, 5.41) is 9.03. The van der Waals surface area contributed by atoms with Gasteiger partial charge in [0.25, 0.3) is 0 Å². The van der Waals surface area contributed by atoms with E-state index >= 15 is 4.57 Å². The zero-order valence-corrected chi connectivity index (χ0v) is 31.7. The van der Waals surface area contributed by atoms with E-state index in [1.165, 1.54) is 0 Å². The number of aryl methyl sites for hydroxylation is 1. The summed E-state index contributed by atoms with van der Waals surface area (Å²) in [4.78, 5) is 8.88. The van der Waals surface area contributed by atoms with Crippen molar-refractivity contribution >= 4 is 55.4 Å². The summed E-state index contributed by atoms with van der Waals surface area (Å²) in [6, 6.07) is 63.5. The fourth-order valence-corrected chi connectivity index (χ4v) is 9.10. The van der Waals surface area contributed by atoms with Crippen LogP contribution in [-0.2, 0) is 24.7 Å². The van der Waals surface area contributed by atoms with Gasteiger partial charge in [0, 0.05) is 48.8 Å². The van der Waals surface area contributed by atoms with Crippen LogP contribution in [0.15, 0.2) is 182 Å². The van der Waals surface area contributed by atoms with E-state index in [-0.39, 0.29) is 20.1 Å². The molecule has 0 aliphatic rings. The first kappa shape index (κ1) is 34.9. The Morgan fingerprint density at radius 3 is 1.71 bits per heavy atom. The van der Waals surface area contributed by atoms with Gasteiger partial charge in [-0.1, -0.05) is 120 Å². The molecule has 0 unspecified atom stereocenters. The van der Waals surface area contributed by atoms with Crippen LogP contribution in [0, 0.1) is 19.1 Å². The molecule has 7 aromatic carbocycles. The van der Waals surface area contributed by atoms with E-state index in [4.69, 9.17) is 0 Å². The minimum atomic E-state index is -3.15. The first-order valence-corrected chi connectivity index (χ1v) is 18.6. The average Bonchev–Trinajstić information content (AvgIpc) is 3.21.